The average molecular weight is 478 g/mol. The third kappa shape index (κ3) is 5.44. The van der Waals surface area contributed by atoms with E-state index in [0.717, 1.165) is 16.5 Å². The van der Waals surface area contributed by atoms with Crippen LogP contribution in [0.1, 0.15) is 33.2 Å². The minimum atomic E-state index is -0.817. The van der Waals surface area contributed by atoms with E-state index in [9.17, 15) is 18.8 Å². The van der Waals surface area contributed by atoms with Crippen molar-refractivity contribution in [3.8, 4) is 10.6 Å². The van der Waals surface area contributed by atoms with Crippen LogP contribution < -0.4 is 5.32 Å². The first-order chi connectivity index (χ1) is 16.4. The zero-order valence-electron chi connectivity index (χ0n) is 18.2. The van der Waals surface area contributed by atoms with E-state index in [1.54, 1.807) is 10.9 Å². The van der Waals surface area contributed by atoms with E-state index >= 15 is 0 Å². The molecule has 0 unspecified atom stereocenters. The highest BCUT2D eigenvalue weighted by molar-refractivity contribution is 7.13. The van der Waals surface area contributed by atoms with Gasteiger partial charge in [0.25, 0.3) is 0 Å². The molecule has 2 heterocycles. The van der Waals surface area contributed by atoms with Crippen LogP contribution in [0.4, 0.5) is 10.1 Å². The lowest BCUT2D eigenvalue weighted by molar-refractivity contribution is -0.114. The van der Waals surface area contributed by atoms with Crippen molar-refractivity contribution in [2.24, 2.45) is 0 Å². The first-order valence-corrected chi connectivity index (χ1v) is 11.2. The fourth-order valence-corrected chi connectivity index (χ4v) is 4.05. The topological polar surface area (TPSA) is 90.3 Å². The molecule has 0 spiro atoms. The molecule has 0 aliphatic rings. The van der Waals surface area contributed by atoms with Crippen molar-refractivity contribution in [1.82, 2.24) is 9.78 Å². The molecule has 0 bridgehead atoms. The number of hydrogen-bond donors (Lipinski definition) is 1. The Hall–Kier alpha value is -4.11. The van der Waals surface area contributed by atoms with Crippen molar-refractivity contribution in [2.75, 3.05) is 11.9 Å². The molecule has 4 rings (SSSR count). The third-order valence-electron chi connectivity index (χ3n) is 4.85. The van der Waals surface area contributed by atoms with Gasteiger partial charge in [0.05, 0.1) is 17.0 Å². The number of nitrogens with one attached hydrogen (secondary N) is 1. The Labute approximate surface area is 198 Å². The van der Waals surface area contributed by atoms with Crippen molar-refractivity contribution in [3.63, 3.8) is 0 Å². The molecular formula is C25H20FN3O4S. The van der Waals surface area contributed by atoms with Crippen LogP contribution >= 0.6 is 11.3 Å². The Balaban J connectivity index is 1.50. The molecule has 0 fully saturated rings. The molecule has 7 nitrogen and oxygen atoms in total. The number of nitrogens with zero attached hydrogens (tertiary/aromatic N) is 2. The smallest absolute Gasteiger partial charge is 0.342 e. The molecule has 172 valence electrons. The van der Waals surface area contributed by atoms with Crippen LogP contribution in [0, 0.1) is 5.82 Å². The van der Waals surface area contributed by atoms with Gasteiger partial charge < -0.3 is 10.1 Å². The quantitative estimate of drug-likeness (QED) is 0.291. The number of thiophene rings is 1. The molecule has 0 radical (unpaired) electrons. The molecular weight excluding hydrogens is 457 g/mol. The largest absolute Gasteiger partial charge is 0.454 e. The summed E-state index contributed by atoms with van der Waals surface area (Å²) in [6.07, 6.45) is 1.58. The summed E-state index contributed by atoms with van der Waals surface area (Å²) in [5.41, 5.74) is 1.67. The highest BCUT2D eigenvalue weighted by Crippen LogP contribution is 2.27. The molecule has 0 saturated heterocycles. The van der Waals surface area contributed by atoms with Gasteiger partial charge in [-0.05, 0) is 35.2 Å². The van der Waals surface area contributed by atoms with E-state index in [4.69, 9.17) is 4.74 Å². The predicted octanol–water partition coefficient (Wildman–Crippen LogP) is 4.80. The molecule has 0 aliphatic carbocycles. The SMILES string of the molecule is CC(=O)Nc1ccc(C(=O)COC(=O)c2cn(Cc3ccccc3)nc2-c2cccs2)c(F)c1. The van der Waals surface area contributed by atoms with Crippen molar-refractivity contribution in [1.29, 1.82) is 0 Å². The lowest BCUT2D eigenvalue weighted by atomic mass is 10.1. The molecule has 2 aromatic carbocycles. The number of Topliss-reactive ketones (excluding diaryl/α,β-unsaturated/α-hetero) is 1. The number of benzene rings is 2. The van der Waals surface area contributed by atoms with Crippen molar-refractivity contribution >= 4 is 34.7 Å². The Morgan fingerprint density at radius 2 is 1.85 bits per heavy atom. The summed E-state index contributed by atoms with van der Waals surface area (Å²) >= 11 is 1.43. The average Bonchev–Trinajstić information content (AvgIpc) is 3.48. The maximum Gasteiger partial charge on any atom is 0.342 e. The van der Waals surface area contributed by atoms with E-state index in [-0.39, 0.29) is 22.7 Å². The van der Waals surface area contributed by atoms with Crippen LogP contribution in [0.2, 0.25) is 0 Å². The summed E-state index contributed by atoms with van der Waals surface area (Å²) in [5.74, 6) is -2.61. The summed E-state index contributed by atoms with van der Waals surface area (Å²) in [5, 5.41) is 8.86. The second-order valence-corrected chi connectivity index (χ2v) is 8.37. The van der Waals surface area contributed by atoms with Gasteiger partial charge in [0.1, 0.15) is 17.1 Å². The van der Waals surface area contributed by atoms with E-state index < -0.39 is 24.2 Å². The summed E-state index contributed by atoms with van der Waals surface area (Å²) in [7, 11) is 0. The van der Waals surface area contributed by atoms with Gasteiger partial charge in [-0.15, -0.1) is 11.3 Å². The summed E-state index contributed by atoms with van der Waals surface area (Å²) in [6, 6.07) is 17.0. The number of esters is 1. The predicted molar refractivity (Wildman–Crippen MR) is 126 cm³/mol. The van der Waals surface area contributed by atoms with Gasteiger partial charge in [-0.25, -0.2) is 9.18 Å². The zero-order chi connectivity index (χ0) is 24.1. The van der Waals surface area contributed by atoms with Gasteiger partial charge in [-0.1, -0.05) is 36.4 Å². The van der Waals surface area contributed by atoms with Crippen LogP contribution in [0.25, 0.3) is 10.6 Å². The number of halogens is 1. The maximum absolute atomic E-state index is 14.3. The molecule has 34 heavy (non-hydrogen) atoms. The minimum Gasteiger partial charge on any atom is -0.454 e. The second-order valence-electron chi connectivity index (χ2n) is 7.43. The van der Waals surface area contributed by atoms with Gasteiger partial charge in [-0.3, -0.25) is 14.3 Å². The molecule has 0 atom stereocenters. The Morgan fingerprint density at radius 1 is 1.06 bits per heavy atom. The highest BCUT2D eigenvalue weighted by atomic mass is 32.1. The van der Waals surface area contributed by atoms with E-state index in [0.29, 0.717) is 12.2 Å². The number of ether oxygens (including phenoxy) is 1. The number of amides is 1. The number of carbonyl (C=O) groups is 3. The number of carbonyl (C=O) groups excluding carboxylic acids is 3. The summed E-state index contributed by atoms with van der Waals surface area (Å²) in [4.78, 5) is 37.2. The van der Waals surface area contributed by atoms with Gasteiger partial charge >= 0.3 is 5.97 Å². The molecule has 4 aromatic rings. The standard InChI is InChI=1S/C25H20FN3O4S/c1-16(30)27-18-9-10-19(21(26)12-18)22(31)15-33-25(32)20-14-29(13-17-6-3-2-4-7-17)28-24(20)23-8-5-11-34-23/h2-12,14H,13,15H2,1H3,(H,27,30). The summed E-state index contributed by atoms with van der Waals surface area (Å²) in [6.45, 7) is 1.11. The Morgan fingerprint density at radius 3 is 2.53 bits per heavy atom. The van der Waals surface area contributed by atoms with Gasteiger partial charge in [0.2, 0.25) is 11.7 Å². The second kappa shape index (κ2) is 10.2. The first-order valence-electron chi connectivity index (χ1n) is 10.3. The molecule has 9 heteroatoms. The summed E-state index contributed by atoms with van der Waals surface area (Å²) < 4.78 is 21.2. The monoisotopic (exact) mass is 477 g/mol. The molecule has 2 aromatic heterocycles. The fraction of sp³-hybridized carbons (Fsp3) is 0.120. The lowest BCUT2D eigenvalue weighted by Gasteiger charge is -2.07. The van der Waals surface area contributed by atoms with E-state index in [1.165, 1.54) is 30.4 Å². The van der Waals surface area contributed by atoms with Crippen LogP contribution in [0.5, 0.6) is 0 Å². The van der Waals surface area contributed by atoms with Crippen molar-refractivity contribution < 1.29 is 23.5 Å². The maximum atomic E-state index is 14.3. The molecule has 0 aliphatic heterocycles. The normalized spacial score (nSPS) is 10.6. The molecule has 1 N–H and O–H groups in total. The van der Waals surface area contributed by atoms with Crippen LogP contribution in [-0.2, 0) is 16.1 Å². The third-order valence-corrected chi connectivity index (χ3v) is 5.72. The lowest BCUT2D eigenvalue weighted by Crippen LogP contribution is -2.16. The van der Waals surface area contributed by atoms with Crippen molar-refractivity contribution in [2.45, 2.75) is 13.5 Å². The van der Waals surface area contributed by atoms with Gasteiger partial charge in [0, 0.05) is 18.8 Å². The van der Waals surface area contributed by atoms with E-state index in [1.807, 2.05) is 47.8 Å². The number of aromatic nitrogens is 2. The van der Waals surface area contributed by atoms with Crippen molar-refractivity contribution in [3.05, 3.63) is 94.7 Å². The van der Waals surface area contributed by atoms with E-state index in [2.05, 4.69) is 10.4 Å². The number of hydrogen-bond acceptors (Lipinski definition) is 6. The Bertz CT molecular complexity index is 1330. The van der Waals surface area contributed by atoms with Crippen LogP contribution in [0.15, 0.2) is 72.2 Å². The van der Waals surface area contributed by atoms with Crippen LogP contribution in [0.3, 0.4) is 0 Å². The number of anilines is 1. The Kier molecular flexibility index (Phi) is 6.93. The van der Waals surface area contributed by atoms with Gasteiger partial charge in [-0.2, -0.15) is 5.10 Å². The van der Waals surface area contributed by atoms with Crippen LogP contribution in [-0.4, -0.2) is 34.0 Å². The first kappa shape index (κ1) is 23.1. The minimum absolute atomic E-state index is 0.215. The number of ketones is 1. The zero-order valence-corrected chi connectivity index (χ0v) is 19.0. The fourth-order valence-electron chi connectivity index (χ4n) is 3.33. The molecule has 0 saturated carbocycles. The highest BCUT2D eigenvalue weighted by Gasteiger charge is 2.22. The molecule has 1 amide bonds. The number of rotatable bonds is 8. The van der Waals surface area contributed by atoms with Gasteiger partial charge in [0.15, 0.2) is 6.61 Å².